The Morgan fingerprint density at radius 3 is 2.43 bits per heavy atom. The summed E-state index contributed by atoms with van der Waals surface area (Å²) in [6.45, 7) is 0. The lowest BCUT2D eigenvalue weighted by Gasteiger charge is -2.18. The molecule has 0 spiro atoms. The van der Waals surface area contributed by atoms with Gasteiger partial charge in [-0.15, -0.1) is 0 Å². The van der Waals surface area contributed by atoms with Crippen LogP contribution in [0.2, 0.25) is 5.02 Å². The summed E-state index contributed by atoms with van der Waals surface area (Å²) in [6.07, 6.45) is 0. The van der Waals surface area contributed by atoms with Crippen molar-refractivity contribution in [1.29, 1.82) is 0 Å². The van der Waals surface area contributed by atoms with E-state index in [2.05, 4.69) is 15.9 Å². The van der Waals surface area contributed by atoms with E-state index in [1.807, 2.05) is 0 Å². The van der Waals surface area contributed by atoms with E-state index in [-0.39, 0.29) is 5.56 Å². The fraction of sp³-hybridized carbons (Fsp3) is 0.143. The number of ether oxygens (including phenoxy) is 1. The third-order valence-electron chi connectivity index (χ3n) is 2.98. The van der Waals surface area contributed by atoms with E-state index in [0.29, 0.717) is 20.8 Å². The van der Waals surface area contributed by atoms with Crippen molar-refractivity contribution in [3.05, 3.63) is 62.3 Å². The van der Waals surface area contributed by atoms with Crippen LogP contribution in [0.1, 0.15) is 17.2 Å². The van der Waals surface area contributed by atoms with Gasteiger partial charge in [-0.3, -0.25) is 0 Å². The van der Waals surface area contributed by atoms with Gasteiger partial charge in [0, 0.05) is 16.1 Å². The summed E-state index contributed by atoms with van der Waals surface area (Å²) in [6, 6.07) is 3.91. The zero-order chi connectivity index (χ0) is 15.7. The van der Waals surface area contributed by atoms with E-state index in [9.17, 15) is 13.2 Å². The molecule has 2 nitrogen and oxygen atoms in total. The van der Waals surface area contributed by atoms with Gasteiger partial charge in [0.05, 0.1) is 17.6 Å². The van der Waals surface area contributed by atoms with Gasteiger partial charge in [-0.2, -0.15) is 0 Å². The number of hydrogen-bond donors (Lipinski definition) is 1. The van der Waals surface area contributed by atoms with Crippen LogP contribution in [0.4, 0.5) is 13.2 Å². The number of nitrogens with two attached hydrogens (primary N) is 1. The van der Waals surface area contributed by atoms with E-state index < -0.39 is 23.5 Å². The first-order chi connectivity index (χ1) is 9.86. The van der Waals surface area contributed by atoms with Gasteiger partial charge in [-0.1, -0.05) is 17.7 Å². The van der Waals surface area contributed by atoms with Crippen molar-refractivity contribution in [3.8, 4) is 5.75 Å². The summed E-state index contributed by atoms with van der Waals surface area (Å²) in [5, 5.41) is 0.344. The van der Waals surface area contributed by atoms with Gasteiger partial charge < -0.3 is 10.5 Å². The molecule has 1 unspecified atom stereocenters. The summed E-state index contributed by atoms with van der Waals surface area (Å²) in [5.41, 5.74) is 6.12. The van der Waals surface area contributed by atoms with E-state index >= 15 is 0 Å². The van der Waals surface area contributed by atoms with Crippen LogP contribution >= 0.6 is 27.5 Å². The normalized spacial score (nSPS) is 12.3. The van der Waals surface area contributed by atoms with Gasteiger partial charge in [0.1, 0.15) is 5.75 Å². The molecule has 2 aromatic rings. The third-order valence-corrected chi connectivity index (χ3v) is 3.78. The number of hydrogen-bond acceptors (Lipinski definition) is 2. The Balaban J connectivity index is 2.60. The molecule has 0 aliphatic heterocycles. The van der Waals surface area contributed by atoms with Crippen molar-refractivity contribution in [2.45, 2.75) is 6.04 Å². The summed E-state index contributed by atoms with van der Waals surface area (Å²) in [4.78, 5) is 0. The Labute approximate surface area is 132 Å². The predicted octanol–water partition coefficient (Wildman–Crippen LogP) is 4.58. The highest BCUT2D eigenvalue weighted by Crippen LogP contribution is 2.38. The topological polar surface area (TPSA) is 35.2 Å². The highest BCUT2D eigenvalue weighted by molar-refractivity contribution is 9.10. The summed E-state index contributed by atoms with van der Waals surface area (Å²) >= 11 is 9.19. The van der Waals surface area contributed by atoms with E-state index in [1.54, 1.807) is 6.07 Å². The van der Waals surface area contributed by atoms with Gasteiger partial charge in [0.15, 0.2) is 17.5 Å². The number of methoxy groups -OCH3 is 1. The quantitative estimate of drug-likeness (QED) is 0.791. The van der Waals surface area contributed by atoms with Gasteiger partial charge in [-0.05, 0) is 34.1 Å². The lowest BCUT2D eigenvalue weighted by atomic mass is 9.98. The second-order valence-electron chi connectivity index (χ2n) is 4.25. The molecular formula is C14H10BrClF3NO. The number of halogens is 5. The maximum Gasteiger partial charge on any atom is 0.194 e. The van der Waals surface area contributed by atoms with Crippen molar-refractivity contribution in [2.24, 2.45) is 5.73 Å². The van der Waals surface area contributed by atoms with Gasteiger partial charge in [-0.25, -0.2) is 13.2 Å². The molecule has 0 saturated heterocycles. The molecule has 2 aromatic carbocycles. The Morgan fingerprint density at radius 2 is 1.81 bits per heavy atom. The second kappa shape index (κ2) is 6.25. The fourth-order valence-corrected chi connectivity index (χ4v) is 2.97. The molecule has 1 atom stereocenters. The minimum Gasteiger partial charge on any atom is -0.495 e. The number of rotatable bonds is 3. The van der Waals surface area contributed by atoms with Crippen LogP contribution in [-0.2, 0) is 0 Å². The molecule has 0 heterocycles. The molecule has 2 N–H and O–H groups in total. The van der Waals surface area contributed by atoms with Gasteiger partial charge in [0.2, 0.25) is 0 Å². The van der Waals surface area contributed by atoms with Crippen LogP contribution in [0.25, 0.3) is 0 Å². The van der Waals surface area contributed by atoms with Crippen molar-refractivity contribution >= 4 is 27.5 Å². The zero-order valence-corrected chi connectivity index (χ0v) is 13.1. The van der Waals surface area contributed by atoms with Crippen LogP contribution in [0.3, 0.4) is 0 Å². The molecule has 112 valence electrons. The third kappa shape index (κ3) is 3.02. The predicted molar refractivity (Wildman–Crippen MR) is 78.1 cm³/mol. The molecule has 0 radical (unpaired) electrons. The Bertz CT molecular complexity index is 696. The number of benzene rings is 2. The molecule has 2 rings (SSSR count). The highest BCUT2D eigenvalue weighted by Gasteiger charge is 2.23. The molecule has 0 amide bonds. The first-order valence-electron chi connectivity index (χ1n) is 5.78. The highest BCUT2D eigenvalue weighted by atomic mass is 79.9. The molecule has 0 aliphatic carbocycles. The molecule has 0 aliphatic rings. The summed E-state index contributed by atoms with van der Waals surface area (Å²) in [7, 11) is 1.41. The minimum atomic E-state index is -1.57. The molecule has 0 aromatic heterocycles. The average Bonchev–Trinajstić information content (AvgIpc) is 2.43. The summed E-state index contributed by atoms with van der Waals surface area (Å²) in [5.74, 6) is -3.83. The van der Waals surface area contributed by atoms with Crippen molar-refractivity contribution in [3.63, 3.8) is 0 Å². The van der Waals surface area contributed by atoms with Gasteiger partial charge in [0.25, 0.3) is 0 Å². The van der Waals surface area contributed by atoms with Crippen LogP contribution < -0.4 is 10.5 Å². The van der Waals surface area contributed by atoms with E-state index in [0.717, 1.165) is 12.1 Å². The Hall–Kier alpha value is -1.24. The standard InChI is InChI=1S/C14H10BrClF3NO/c1-21-14-8(4-6(16)5-9(14)15)13(20)7-2-3-10(17)12(19)11(7)18/h2-5,13H,20H2,1H3. The lowest BCUT2D eigenvalue weighted by molar-refractivity contribution is 0.403. The zero-order valence-electron chi connectivity index (χ0n) is 10.8. The van der Waals surface area contributed by atoms with Crippen LogP contribution in [0.15, 0.2) is 28.7 Å². The van der Waals surface area contributed by atoms with Gasteiger partial charge >= 0.3 is 0 Å². The monoisotopic (exact) mass is 379 g/mol. The maximum atomic E-state index is 13.9. The van der Waals surface area contributed by atoms with Crippen molar-refractivity contribution in [1.82, 2.24) is 0 Å². The molecule has 21 heavy (non-hydrogen) atoms. The Morgan fingerprint density at radius 1 is 1.14 bits per heavy atom. The van der Waals surface area contributed by atoms with Crippen molar-refractivity contribution < 1.29 is 17.9 Å². The first-order valence-corrected chi connectivity index (χ1v) is 6.95. The fourth-order valence-electron chi connectivity index (χ4n) is 1.98. The maximum absolute atomic E-state index is 13.9. The van der Waals surface area contributed by atoms with E-state index in [1.165, 1.54) is 13.2 Å². The first kappa shape index (κ1) is 16.1. The molecule has 0 saturated carbocycles. The molecular weight excluding hydrogens is 371 g/mol. The van der Waals surface area contributed by atoms with Crippen LogP contribution in [0, 0.1) is 17.5 Å². The van der Waals surface area contributed by atoms with Crippen molar-refractivity contribution in [2.75, 3.05) is 7.11 Å². The largest absolute Gasteiger partial charge is 0.495 e. The molecule has 7 heteroatoms. The van der Waals surface area contributed by atoms with Crippen LogP contribution in [0.5, 0.6) is 5.75 Å². The lowest BCUT2D eigenvalue weighted by Crippen LogP contribution is -2.16. The summed E-state index contributed by atoms with van der Waals surface area (Å²) < 4.78 is 45.9. The molecule has 0 bridgehead atoms. The average molecular weight is 381 g/mol. The van der Waals surface area contributed by atoms with E-state index in [4.69, 9.17) is 22.1 Å². The Kier molecular flexibility index (Phi) is 4.81. The minimum absolute atomic E-state index is 0.193. The SMILES string of the molecule is COc1c(Br)cc(Cl)cc1C(N)c1ccc(F)c(F)c1F. The second-order valence-corrected chi connectivity index (χ2v) is 5.54. The molecule has 0 fully saturated rings. The smallest absolute Gasteiger partial charge is 0.194 e. The van der Waals surface area contributed by atoms with Crippen LogP contribution in [-0.4, -0.2) is 7.11 Å².